The molecule has 0 aliphatic heterocycles. The van der Waals surface area contributed by atoms with Crippen LogP contribution in [0.25, 0.3) is 0 Å². The maximum atomic E-state index is 2.28. The summed E-state index contributed by atoms with van der Waals surface area (Å²) in [5, 5.41) is 0. The third-order valence-corrected chi connectivity index (χ3v) is 1.81. The fourth-order valence-corrected chi connectivity index (χ4v) is 1.07. The van der Waals surface area contributed by atoms with Crippen molar-refractivity contribution in [3.05, 3.63) is 35.4 Å². The van der Waals surface area contributed by atoms with Gasteiger partial charge in [-0.25, -0.2) is 0 Å². The lowest BCUT2D eigenvalue weighted by Crippen LogP contribution is -1.83. The van der Waals surface area contributed by atoms with Crippen molar-refractivity contribution >= 4 is 0 Å². The molecule has 0 nitrogen and oxygen atoms in total. The molecule has 0 heteroatoms. The third-order valence-electron chi connectivity index (χ3n) is 1.81. The lowest BCUT2D eigenvalue weighted by atomic mass is 10.1. The van der Waals surface area contributed by atoms with Crippen LogP contribution in [0.2, 0.25) is 0 Å². The minimum Gasteiger partial charge on any atom is -0.0776 e. The number of hydrogen-bond acceptors (Lipinski definition) is 0. The van der Waals surface area contributed by atoms with Crippen LogP contribution in [0.5, 0.6) is 0 Å². The number of hydrogen-bond donors (Lipinski definition) is 0. The molecule has 0 heterocycles. The molecule has 0 unspecified atom stereocenters. The van der Waals surface area contributed by atoms with Crippen molar-refractivity contribution in [2.45, 2.75) is 41.5 Å². The molecule has 0 radical (unpaired) electrons. The van der Waals surface area contributed by atoms with Crippen LogP contribution < -0.4 is 0 Å². The summed E-state index contributed by atoms with van der Waals surface area (Å²) in [6, 6.07) is 8.77. The molecule has 0 saturated carbocycles. The Kier molecular flexibility index (Phi) is 7.93. The van der Waals surface area contributed by atoms with Gasteiger partial charge in [0, 0.05) is 0 Å². The summed E-state index contributed by atoms with van der Waals surface area (Å²) in [6.07, 6.45) is 2.29. The van der Waals surface area contributed by atoms with E-state index in [0.29, 0.717) is 0 Å². The van der Waals surface area contributed by atoms with E-state index >= 15 is 0 Å². The summed E-state index contributed by atoms with van der Waals surface area (Å²) in [7, 11) is 0. The van der Waals surface area contributed by atoms with Gasteiger partial charge in [-0.3, -0.25) is 0 Å². The fourth-order valence-electron chi connectivity index (χ4n) is 1.07. The maximum Gasteiger partial charge on any atom is -0.0307 e. The van der Waals surface area contributed by atoms with Crippen molar-refractivity contribution in [2.24, 2.45) is 0 Å². The second-order valence-electron chi connectivity index (χ2n) is 2.53. The SMILES string of the molecule is C.C.CCc1cccc(CC)c1. The van der Waals surface area contributed by atoms with Gasteiger partial charge in [-0.2, -0.15) is 0 Å². The van der Waals surface area contributed by atoms with E-state index in [9.17, 15) is 0 Å². The van der Waals surface area contributed by atoms with E-state index in [2.05, 4.69) is 38.1 Å². The maximum absolute atomic E-state index is 2.28. The molecule has 0 atom stereocenters. The second kappa shape index (κ2) is 6.90. The van der Waals surface area contributed by atoms with Crippen LogP contribution in [0.4, 0.5) is 0 Å². The highest BCUT2D eigenvalue weighted by Gasteiger charge is 1.89. The molecule has 0 bridgehead atoms. The molecule has 0 aromatic heterocycles. The molecule has 0 aliphatic carbocycles. The van der Waals surface area contributed by atoms with Gasteiger partial charge in [0.25, 0.3) is 0 Å². The van der Waals surface area contributed by atoms with Crippen LogP contribution in [0, 0.1) is 0 Å². The monoisotopic (exact) mass is 166 g/mol. The highest BCUT2D eigenvalue weighted by Crippen LogP contribution is 2.05. The van der Waals surface area contributed by atoms with Crippen molar-refractivity contribution in [1.82, 2.24) is 0 Å². The van der Waals surface area contributed by atoms with Gasteiger partial charge in [0.05, 0.1) is 0 Å². The van der Waals surface area contributed by atoms with E-state index in [1.165, 1.54) is 11.1 Å². The van der Waals surface area contributed by atoms with Gasteiger partial charge in [0.1, 0.15) is 0 Å². The van der Waals surface area contributed by atoms with Crippen molar-refractivity contribution < 1.29 is 0 Å². The lowest BCUT2D eigenvalue weighted by Gasteiger charge is -1.98. The van der Waals surface area contributed by atoms with E-state index in [-0.39, 0.29) is 14.9 Å². The largest absolute Gasteiger partial charge is 0.0776 e. The van der Waals surface area contributed by atoms with E-state index in [0.717, 1.165) is 12.8 Å². The topological polar surface area (TPSA) is 0 Å². The third kappa shape index (κ3) is 3.56. The Labute approximate surface area is 77.6 Å². The highest BCUT2D eigenvalue weighted by atomic mass is 13.9. The van der Waals surface area contributed by atoms with Crippen LogP contribution in [0.3, 0.4) is 0 Å². The summed E-state index contributed by atoms with van der Waals surface area (Å²) < 4.78 is 0. The van der Waals surface area contributed by atoms with E-state index in [1.54, 1.807) is 0 Å². The van der Waals surface area contributed by atoms with Gasteiger partial charge >= 0.3 is 0 Å². The zero-order valence-electron chi connectivity index (χ0n) is 6.72. The van der Waals surface area contributed by atoms with Crippen LogP contribution in [0.15, 0.2) is 24.3 Å². The smallest absolute Gasteiger partial charge is 0.0307 e. The van der Waals surface area contributed by atoms with E-state index < -0.39 is 0 Å². The van der Waals surface area contributed by atoms with Gasteiger partial charge in [-0.1, -0.05) is 53.0 Å². The normalized spacial score (nSPS) is 8.17. The highest BCUT2D eigenvalue weighted by molar-refractivity contribution is 5.23. The van der Waals surface area contributed by atoms with E-state index in [1.807, 2.05) is 0 Å². The predicted octanol–water partition coefficient (Wildman–Crippen LogP) is 4.08. The van der Waals surface area contributed by atoms with Crippen LogP contribution >= 0.6 is 0 Å². The van der Waals surface area contributed by atoms with Crippen molar-refractivity contribution in [3.63, 3.8) is 0 Å². The summed E-state index contributed by atoms with van der Waals surface area (Å²) in [4.78, 5) is 0. The second-order valence-corrected chi connectivity index (χ2v) is 2.53. The standard InChI is InChI=1S/C10H14.2CH4/c1-3-9-6-5-7-10(4-2)8-9;;/h5-8H,3-4H2,1-2H3;2*1H4. The Hall–Kier alpha value is -0.780. The summed E-state index contributed by atoms with van der Waals surface area (Å²) in [6.45, 7) is 4.38. The average molecular weight is 166 g/mol. The average Bonchev–Trinajstić information content (AvgIpc) is 2.05. The minimum absolute atomic E-state index is 0. The molecule has 70 valence electrons. The molecular formula is C12H22. The Morgan fingerprint density at radius 3 is 1.67 bits per heavy atom. The first-order valence-electron chi connectivity index (χ1n) is 3.94. The van der Waals surface area contributed by atoms with Crippen LogP contribution in [-0.2, 0) is 12.8 Å². The van der Waals surface area contributed by atoms with Gasteiger partial charge in [0.15, 0.2) is 0 Å². The molecule has 1 aromatic carbocycles. The van der Waals surface area contributed by atoms with Crippen LogP contribution in [-0.4, -0.2) is 0 Å². The summed E-state index contributed by atoms with van der Waals surface area (Å²) in [5.74, 6) is 0. The predicted molar refractivity (Wildman–Crippen MR) is 58.7 cm³/mol. The molecule has 1 rings (SSSR count). The first-order valence-corrected chi connectivity index (χ1v) is 3.94. The number of benzene rings is 1. The molecule has 0 saturated heterocycles. The molecule has 0 aliphatic rings. The summed E-state index contributed by atoms with van der Waals surface area (Å²) >= 11 is 0. The van der Waals surface area contributed by atoms with Crippen molar-refractivity contribution in [1.29, 1.82) is 0 Å². The van der Waals surface area contributed by atoms with Crippen molar-refractivity contribution in [3.8, 4) is 0 Å². The van der Waals surface area contributed by atoms with E-state index in [4.69, 9.17) is 0 Å². The molecule has 12 heavy (non-hydrogen) atoms. The van der Waals surface area contributed by atoms with Crippen LogP contribution in [0.1, 0.15) is 39.8 Å². The minimum atomic E-state index is 0. The quantitative estimate of drug-likeness (QED) is 0.621. The van der Waals surface area contributed by atoms with Gasteiger partial charge < -0.3 is 0 Å². The zero-order valence-corrected chi connectivity index (χ0v) is 6.72. The Bertz CT molecular complexity index is 182. The first-order chi connectivity index (χ1) is 4.86. The fraction of sp³-hybridized carbons (Fsp3) is 0.500. The summed E-state index contributed by atoms with van der Waals surface area (Å²) in [5.41, 5.74) is 2.89. The number of rotatable bonds is 2. The molecule has 0 spiro atoms. The lowest BCUT2D eigenvalue weighted by molar-refractivity contribution is 1.09. The Morgan fingerprint density at radius 2 is 1.33 bits per heavy atom. The molecule has 0 N–H and O–H groups in total. The first kappa shape index (κ1) is 13.8. The molecule has 1 aromatic rings. The molecule has 0 fully saturated rings. The molecule has 0 amide bonds. The van der Waals surface area contributed by atoms with Gasteiger partial charge in [0.2, 0.25) is 0 Å². The Morgan fingerprint density at radius 1 is 0.917 bits per heavy atom. The van der Waals surface area contributed by atoms with Gasteiger partial charge in [-0.15, -0.1) is 0 Å². The number of aryl methyl sites for hydroxylation is 2. The molecular weight excluding hydrogens is 144 g/mol. The van der Waals surface area contributed by atoms with Crippen molar-refractivity contribution in [2.75, 3.05) is 0 Å². The zero-order chi connectivity index (χ0) is 7.40. The Balaban J connectivity index is 0. The van der Waals surface area contributed by atoms with Gasteiger partial charge in [-0.05, 0) is 24.0 Å².